The van der Waals surface area contributed by atoms with Crippen LogP contribution >= 0.6 is 11.8 Å². The largest absolute Gasteiger partial charge is 0.383 e. The van der Waals surface area contributed by atoms with Crippen LogP contribution in [0.1, 0.15) is 54.0 Å². The summed E-state index contributed by atoms with van der Waals surface area (Å²) in [5.41, 5.74) is 7.06. The lowest BCUT2D eigenvalue weighted by Crippen LogP contribution is -2.38. The molecule has 28 heavy (non-hydrogen) atoms. The zero-order valence-corrected chi connectivity index (χ0v) is 16.2. The minimum atomic E-state index is -0.560. The van der Waals surface area contributed by atoms with Gasteiger partial charge in [0.15, 0.2) is 0 Å². The van der Waals surface area contributed by atoms with Crippen LogP contribution < -0.4 is 11.1 Å². The Morgan fingerprint density at radius 1 is 1.14 bits per heavy atom. The van der Waals surface area contributed by atoms with Gasteiger partial charge in [-0.2, -0.15) is 10.5 Å². The molecular weight excluding hydrogens is 370 g/mol. The molecule has 3 rings (SSSR count). The lowest BCUT2D eigenvalue weighted by Gasteiger charge is -2.25. The number of nitrogens with one attached hydrogen (secondary N) is 1. The summed E-state index contributed by atoms with van der Waals surface area (Å²) in [6.45, 7) is 0. The number of thioether (sulfide) groups is 1. The highest BCUT2D eigenvalue weighted by Crippen LogP contribution is 2.37. The van der Waals surface area contributed by atoms with E-state index in [1.807, 2.05) is 36.4 Å². The molecule has 0 aliphatic heterocycles. The number of nitrogen functional groups attached to an aromatic ring is 1. The zero-order chi connectivity index (χ0) is 19.9. The van der Waals surface area contributed by atoms with Gasteiger partial charge >= 0.3 is 0 Å². The fourth-order valence-corrected chi connectivity index (χ4v) is 4.38. The number of nitrogens with zero attached hydrogens (tertiary/aromatic N) is 3. The molecule has 0 spiro atoms. The molecule has 0 bridgehead atoms. The summed E-state index contributed by atoms with van der Waals surface area (Å²) in [5, 5.41) is 21.5. The van der Waals surface area contributed by atoms with Crippen molar-refractivity contribution >= 4 is 23.5 Å². The number of nitrogens with two attached hydrogens (primary N) is 1. The highest BCUT2D eigenvalue weighted by atomic mass is 32.2. The second-order valence-corrected chi connectivity index (χ2v) is 7.84. The van der Waals surface area contributed by atoms with Crippen molar-refractivity contribution in [3.63, 3.8) is 0 Å². The second-order valence-electron chi connectivity index (χ2n) is 6.75. The van der Waals surface area contributed by atoms with Gasteiger partial charge in [0.1, 0.15) is 28.2 Å². The van der Waals surface area contributed by atoms with Crippen molar-refractivity contribution in [2.24, 2.45) is 0 Å². The van der Waals surface area contributed by atoms with Gasteiger partial charge in [-0.05, 0) is 24.5 Å². The Hall–Kier alpha value is -3.03. The van der Waals surface area contributed by atoms with Gasteiger partial charge in [-0.3, -0.25) is 4.79 Å². The molecule has 1 fully saturated rings. The standard InChI is InChI=1S/C21H21N5OS/c22-12-15-11-16(13-23)21(26-19(15)24)28-18(14-7-3-1-4-8-14)20(27)25-17-9-5-2-6-10-17/h1,3-4,7-8,11,17-18H,2,5-6,9-10H2,(H2,24,26)(H,25,27)/t18-/m1/s1. The molecule has 3 N–H and O–H groups in total. The minimum Gasteiger partial charge on any atom is -0.383 e. The third-order valence-corrected chi connectivity index (χ3v) is 6.04. The Morgan fingerprint density at radius 2 is 1.82 bits per heavy atom. The van der Waals surface area contributed by atoms with Crippen molar-refractivity contribution in [3.05, 3.63) is 53.1 Å². The van der Waals surface area contributed by atoms with Crippen molar-refractivity contribution < 1.29 is 4.79 Å². The Labute approximate surface area is 168 Å². The van der Waals surface area contributed by atoms with E-state index >= 15 is 0 Å². The zero-order valence-electron chi connectivity index (χ0n) is 15.4. The molecule has 1 amide bonds. The van der Waals surface area contributed by atoms with Gasteiger partial charge in [0.05, 0.1) is 11.1 Å². The van der Waals surface area contributed by atoms with Gasteiger partial charge in [0.2, 0.25) is 5.91 Å². The molecule has 1 aromatic heterocycles. The third kappa shape index (κ3) is 4.62. The summed E-state index contributed by atoms with van der Waals surface area (Å²) in [4.78, 5) is 17.3. The van der Waals surface area contributed by atoms with E-state index in [0.717, 1.165) is 31.2 Å². The predicted octanol–water partition coefficient (Wildman–Crippen LogP) is 3.69. The second kappa shape index (κ2) is 9.25. The van der Waals surface area contributed by atoms with E-state index in [0.29, 0.717) is 5.03 Å². The Kier molecular flexibility index (Phi) is 6.52. The maximum Gasteiger partial charge on any atom is 0.238 e. The lowest BCUT2D eigenvalue weighted by molar-refractivity contribution is -0.121. The van der Waals surface area contributed by atoms with E-state index in [1.165, 1.54) is 24.2 Å². The number of hydrogen-bond donors (Lipinski definition) is 2. The first kappa shape index (κ1) is 19.7. The normalized spacial score (nSPS) is 15.2. The number of anilines is 1. The number of carbonyl (C=O) groups excluding carboxylic acids is 1. The van der Waals surface area contributed by atoms with Crippen LogP contribution in [0.3, 0.4) is 0 Å². The van der Waals surface area contributed by atoms with Crippen molar-refractivity contribution in [2.45, 2.75) is 48.4 Å². The van der Waals surface area contributed by atoms with Gasteiger partial charge in [0.25, 0.3) is 0 Å². The SMILES string of the molecule is N#Cc1cc(C#N)c(S[C@@H](C(=O)NC2CCCCC2)c2ccccc2)nc1N. The van der Waals surface area contributed by atoms with Crippen LogP contribution in [0.15, 0.2) is 41.4 Å². The molecule has 0 unspecified atom stereocenters. The van der Waals surface area contributed by atoms with Crippen LogP contribution in [0.5, 0.6) is 0 Å². The number of rotatable bonds is 5. The topological polar surface area (TPSA) is 116 Å². The fourth-order valence-electron chi connectivity index (χ4n) is 3.31. The van der Waals surface area contributed by atoms with Gasteiger partial charge in [0, 0.05) is 6.04 Å². The van der Waals surface area contributed by atoms with Gasteiger partial charge in [-0.1, -0.05) is 61.4 Å². The maximum atomic E-state index is 13.1. The van der Waals surface area contributed by atoms with E-state index < -0.39 is 5.25 Å². The van der Waals surface area contributed by atoms with Crippen LogP contribution in [0.2, 0.25) is 0 Å². The van der Waals surface area contributed by atoms with Gasteiger partial charge in [-0.25, -0.2) is 4.98 Å². The Balaban J connectivity index is 1.90. The fraction of sp³-hybridized carbons (Fsp3) is 0.333. The highest BCUT2D eigenvalue weighted by molar-refractivity contribution is 8.00. The smallest absolute Gasteiger partial charge is 0.238 e. The monoisotopic (exact) mass is 391 g/mol. The maximum absolute atomic E-state index is 13.1. The Bertz CT molecular complexity index is 926. The van der Waals surface area contributed by atoms with Gasteiger partial charge < -0.3 is 11.1 Å². The first-order valence-corrected chi connectivity index (χ1v) is 10.1. The molecule has 2 aromatic rings. The number of benzene rings is 1. The van der Waals surface area contributed by atoms with Crippen molar-refractivity contribution in [1.29, 1.82) is 10.5 Å². The van der Waals surface area contributed by atoms with Crippen LogP contribution in [0, 0.1) is 22.7 Å². The van der Waals surface area contributed by atoms with Gasteiger partial charge in [-0.15, -0.1) is 0 Å². The molecule has 1 heterocycles. The summed E-state index contributed by atoms with van der Waals surface area (Å²) in [6, 6.07) is 15.0. The summed E-state index contributed by atoms with van der Waals surface area (Å²) >= 11 is 1.19. The Morgan fingerprint density at radius 3 is 2.46 bits per heavy atom. The quantitative estimate of drug-likeness (QED) is 0.751. The molecule has 1 saturated carbocycles. The first-order chi connectivity index (χ1) is 13.6. The van der Waals surface area contributed by atoms with E-state index in [4.69, 9.17) is 11.0 Å². The first-order valence-electron chi connectivity index (χ1n) is 9.25. The molecule has 0 saturated heterocycles. The molecule has 1 aliphatic carbocycles. The van der Waals surface area contributed by atoms with Crippen LogP contribution in [0.25, 0.3) is 0 Å². The molecule has 1 atom stereocenters. The molecule has 0 radical (unpaired) electrons. The number of pyridine rings is 1. The number of hydrogen-bond acceptors (Lipinski definition) is 6. The van der Waals surface area contributed by atoms with Crippen molar-refractivity contribution in [2.75, 3.05) is 5.73 Å². The minimum absolute atomic E-state index is 0.0588. The molecule has 6 nitrogen and oxygen atoms in total. The molecule has 7 heteroatoms. The lowest BCUT2D eigenvalue weighted by atomic mass is 9.95. The predicted molar refractivity (Wildman–Crippen MR) is 108 cm³/mol. The molecular formula is C21H21N5OS. The number of nitriles is 2. The number of amides is 1. The summed E-state index contributed by atoms with van der Waals surface area (Å²) in [5.74, 6) is -0.0415. The van der Waals surface area contributed by atoms with E-state index in [1.54, 1.807) is 0 Å². The third-order valence-electron chi connectivity index (χ3n) is 4.78. The summed E-state index contributed by atoms with van der Waals surface area (Å²) < 4.78 is 0. The molecule has 142 valence electrons. The van der Waals surface area contributed by atoms with Crippen LogP contribution in [-0.4, -0.2) is 16.9 Å². The van der Waals surface area contributed by atoms with Crippen LogP contribution in [-0.2, 0) is 4.79 Å². The molecule has 1 aliphatic rings. The van der Waals surface area contributed by atoms with Crippen molar-refractivity contribution in [3.8, 4) is 12.1 Å². The highest BCUT2D eigenvalue weighted by Gasteiger charge is 2.27. The summed E-state index contributed by atoms with van der Waals surface area (Å²) in [7, 11) is 0. The van der Waals surface area contributed by atoms with E-state index in [-0.39, 0.29) is 28.9 Å². The summed E-state index contributed by atoms with van der Waals surface area (Å²) in [6.07, 6.45) is 5.44. The molecule has 1 aromatic carbocycles. The average molecular weight is 392 g/mol. The van der Waals surface area contributed by atoms with E-state index in [9.17, 15) is 10.1 Å². The van der Waals surface area contributed by atoms with E-state index in [2.05, 4.69) is 16.4 Å². The van der Waals surface area contributed by atoms with Crippen molar-refractivity contribution in [1.82, 2.24) is 10.3 Å². The number of carbonyl (C=O) groups is 1. The average Bonchev–Trinajstić information content (AvgIpc) is 2.73. The van der Waals surface area contributed by atoms with Crippen LogP contribution in [0.4, 0.5) is 5.82 Å². The number of aromatic nitrogens is 1.